The maximum Gasteiger partial charge on any atom is 2.00 e. The summed E-state index contributed by atoms with van der Waals surface area (Å²) in [6, 6.07) is 19.6. The van der Waals surface area contributed by atoms with Gasteiger partial charge in [-0.15, -0.1) is 0 Å². The van der Waals surface area contributed by atoms with Crippen LogP contribution in [0, 0.1) is 14.9 Å². The van der Waals surface area contributed by atoms with Crippen LogP contribution in [0.5, 0.6) is 0 Å². The van der Waals surface area contributed by atoms with Gasteiger partial charge in [0.1, 0.15) is 0 Å². The van der Waals surface area contributed by atoms with Crippen LogP contribution in [0.3, 0.4) is 0 Å². The van der Waals surface area contributed by atoms with Gasteiger partial charge in [-0.25, -0.2) is 0 Å². The second-order valence-electron chi connectivity index (χ2n) is 3.23. The van der Waals surface area contributed by atoms with Gasteiger partial charge >= 0.3 is 20.4 Å². The molecule has 3 heteroatoms. The average molecular weight is 345 g/mol. The largest absolute Gasteiger partial charge is 2.00 e. The van der Waals surface area contributed by atoms with E-state index in [-0.39, 0.29) is 35.3 Å². The van der Waals surface area contributed by atoms with Crippen molar-refractivity contribution >= 4 is 23.8 Å². The Hall–Kier alpha value is -1.56. The van der Waals surface area contributed by atoms with Crippen molar-refractivity contribution in [2.45, 2.75) is 0 Å². The van der Waals surface area contributed by atoms with E-state index < -0.39 is 0 Å². The van der Waals surface area contributed by atoms with Crippen LogP contribution < -0.4 is 0 Å². The van der Waals surface area contributed by atoms with Crippen LogP contribution in [0.15, 0.2) is 70.6 Å². The molecular formula is C16H18N2Pd. The van der Waals surface area contributed by atoms with Crippen molar-refractivity contribution in [1.29, 1.82) is 0 Å². The third-order valence-corrected chi connectivity index (χ3v) is 2.03. The molecule has 0 fully saturated rings. The van der Waals surface area contributed by atoms with E-state index in [9.17, 15) is 0 Å². The molecule has 0 aliphatic carbocycles. The van der Waals surface area contributed by atoms with E-state index in [0.717, 1.165) is 11.4 Å². The van der Waals surface area contributed by atoms with E-state index in [1.165, 1.54) is 0 Å². The van der Waals surface area contributed by atoms with Crippen LogP contribution in [-0.4, -0.2) is 12.4 Å². The number of aliphatic imine (C=N–C) groups is 2. The first-order valence-corrected chi connectivity index (χ1v) is 5.12. The summed E-state index contributed by atoms with van der Waals surface area (Å²) >= 11 is 0. The number of para-hydroxylation sites is 2. The first-order valence-electron chi connectivity index (χ1n) is 5.12. The van der Waals surface area contributed by atoms with Crippen molar-refractivity contribution in [1.82, 2.24) is 0 Å². The SMILES string of the molecule is C(C=Nc1ccccc1)=Nc1ccccc1.[CH3-].[CH3-].[Pd+2]. The van der Waals surface area contributed by atoms with Gasteiger partial charge in [-0.3, -0.25) is 9.98 Å². The molecule has 0 aliphatic rings. The summed E-state index contributed by atoms with van der Waals surface area (Å²) in [5.41, 5.74) is 1.86. The second kappa shape index (κ2) is 11.5. The Morgan fingerprint density at radius 2 is 0.895 bits per heavy atom. The summed E-state index contributed by atoms with van der Waals surface area (Å²) in [5, 5.41) is 0. The zero-order valence-electron chi connectivity index (χ0n) is 11.1. The molecule has 0 bridgehead atoms. The quantitative estimate of drug-likeness (QED) is 0.438. The predicted octanol–water partition coefficient (Wildman–Crippen LogP) is 4.69. The van der Waals surface area contributed by atoms with Crippen LogP contribution in [0.2, 0.25) is 0 Å². The molecule has 19 heavy (non-hydrogen) atoms. The predicted molar refractivity (Wildman–Crippen MR) is 82.0 cm³/mol. The summed E-state index contributed by atoms with van der Waals surface area (Å²) in [4.78, 5) is 8.49. The monoisotopic (exact) mass is 344 g/mol. The molecule has 2 rings (SSSR count). The van der Waals surface area contributed by atoms with Gasteiger partial charge in [0.2, 0.25) is 0 Å². The van der Waals surface area contributed by atoms with E-state index in [1.54, 1.807) is 12.4 Å². The van der Waals surface area contributed by atoms with Gasteiger partial charge in [0.25, 0.3) is 0 Å². The molecule has 0 unspecified atom stereocenters. The van der Waals surface area contributed by atoms with Crippen molar-refractivity contribution in [3.8, 4) is 0 Å². The number of hydrogen-bond donors (Lipinski definition) is 0. The van der Waals surface area contributed by atoms with Gasteiger partial charge in [0, 0.05) is 12.4 Å². The number of nitrogens with zero attached hydrogens (tertiary/aromatic N) is 2. The summed E-state index contributed by atoms with van der Waals surface area (Å²) in [6.45, 7) is 0. The Labute approximate surface area is 130 Å². The van der Waals surface area contributed by atoms with Crippen molar-refractivity contribution in [2.75, 3.05) is 0 Å². The van der Waals surface area contributed by atoms with Gasteiger partial charge in [-0.2, -0.15) is 0 Å². The Morgan fingerprint density at radius 3 is 1.21 bits per heavy atom. The van der Waals surface area contributed by atoms with Crippen LogP contribution >= 0.6 is 0 Å². The molecule has 0 atom stereocenters. The van der Waals surface area contributed by atoms with Gasteiger partial charge in [0.05, 0.1) is 11.4 Å². The molecule has 0 N–H and O–H groups in total. The topological polar surface area (TPSA) is 24.7 Å². The summed E-state index contributed by atoms with van der Waals surface area (Å²) in [7, 11) is 0. The van der Waals surface area contributed by atoms with E-state index in [1.807, 2.05) is 60.7 Å². The molecular weight excluding hydrogens is 327 g/mol. The first kappa shape index (κ1) is 19.8. The second-order valence-corrected chi connectivity index (χ2v) is 3.23. The van der Waals surface area contributed by atoms with E-state index >= 15 is 0 Å². The molecule has 102 valence electrons. The fraction of sp³-hybridized carbons (Fsp3) is 0. The van der Waals surface area contributed by atoms with Crippen molar-refractivity contribution in [3.05, 3.63) is 75.5 Å². The van der Waals surface area contributed by atoms with Crippen molar-refractivity contribution < 1.29 is 20.4 Å². The van der Waals surface area contributed by atoms with Crippen molar-refractivity contribution in [2.24, 2.45) is 9.98 Å². The summed E-state index contributed by atoms with van der Waals surface area (Å²) in [6.07, 6.45) is 3.39. The average Bonchev–Trinajstić information content (AvgIpc) is 2.37. The third kappa shape index (κ3) is 7.46. The maximum atomic E-state index is 4.25. The molecule has 2 aromatic carbocycles. The fourth-order valence-corrected chi connectivity index (χ4v) is 1.27. The molecule has 0 saturated heterocycles. The molecule has 0 spiro atoms. The van der Waals surface area contributed by atoms with Gasteiger partial charge < -0.3 is 14.9 Å². The van der Waals surface area contributed by atoms with E-state index in [0.29, 0.717) is 0 Å². The number of hydrogen-bond acceptors (Lipinski definition) is 2. The number of benzene rings is 2. The molecule has 0 amide bonds. The van der Waals surface area contributed by atoms with Crippen LogP contribution in [-0.2, 0) is 20.4 Å². The van der Waals surface area contributed by atoms with Gasteiger partial charge in [-0.1, -0.05) is 36.4 Å². The van der Waals surface area contributed by atoms with E-state index in [4.69, 9.17) is 0 Å². The number of rotatable bonds is 3. The molecule has 2 aromatic rings. The first-order chi connectivity index (χ1) is 7.95. The third-order valence-electron chi connectivity index (χ3n) is 2.03. The molecule has 0 aromatic heterocycles. The van der Waals surface area contributed by atoms with Crippen molar-refractivity contribution in [3.63, 3.8) is 0 Å². The summed E-state index contributed by atoms with van der Waals surface area (Å²) < 4.78 is 0. The van der Waals surface area contributed by atoms with Gasteiger partial charge in [0.15, 0.2) is 0 Å². The molecule has 0 radical (unpaired) electrons. The van der Waals surface area contributed by atoms with E-state index in [2.05, 4.69) is 9.98 Å². The minimum absolute atomic E-state index is 0. The Balaban J connectivity index is 0. The zero-order valence-corrected chi connectivity index (χ0v) is 12.7. The minimum Gasteiger partial charge on any atom is -0.358 e. The smallest absolute Gasteiger partial charge is 0.358 e. The van der Waals surface area contributed by atoms with Gasteiger partial charge in [-0.05, 0) is 24.3 Å². The normalized spacial score (nSPS) is 9.47. The molecule has 2 nitrogen and oxygen atoms in total. The standard InChI is InChI=1S/C14H12N2.2CH3.Pd/c1-3-7-13(8-4-1)15-11-12-16-14-9-5-2-6-10-14;;;/h1-12H;2*1H3;/q;2*-1;+2. The molecule has 0 aliphatic heterocycles. The fourth-order valence-electron chi connectivity index (χ4n) is 1.27. The maximum absolute atomic E-state index is 4.25. The summed E-state index contributed by atoms with van der Waals surface area (Å²) in [5.74, 6) is 0. The van der Waals surface area contributed by atoms with Crippen LogP contribution in [0.25, 0.3) is 0 Å². The Kier molecular flexibility index (Phi) is 12.0. The van der Waals surface area contributed by atoms with Crippen LogP contribution in [0.1, 0.15) is 0 Å². The molecule has 0 heterocycles. The molecule has 0 saturated carbocycles. The minimum atomic E-state index is 0. The Bertz CT molecular complexity index is 431. The zero-order chi connectivity index (χ0) is 11.1. The Morgan fingerprint density at radius 1 is 0.579 bits per heavy atom. The van der Waals surface area contributed by atoms with Crippen LogP contribution in [0.4, 0.5) is 11.4 Å².